The molecule has 1 N–H and O–H groups in total. The highest BCUT2D eigenvalue weighted by molar-refractivity contribution is 9.10. The molecular weight excluding hydrogens is 316 g/mol. The van der Waals surface area contributed by atoms with Crippen molar-refractivity contribution >= 4 is 21.8 Å². The Kier molecular flexibility index (Phi) is 4.55. The predicted molar refractivity (Wildman–Crippen MR) is 83.7 cm³/mol. The van der Waals surface area contributed by atoms with E-state index < -0.39 is 0 Å². The van der Waals surface area contributed by atoms with E-state index in [9.17, 15) is 4.79 Å². The molecule has 0 atom stereocenters. The third-order valence-electron chi connectivity index (χ3n) is 3.21. The van der Waals surface area contributed by atoms with Gasteiger partial charge in [0.15, 0.2) is 0 Å². The molecule has 1 aromatic heterocycles. The fourth-order valence-electron chi connectivity index (χ4n) is 1.89. The first-order valence-corrected chi connectivity index (χ1v) is 7.24. The van der Waals surface area contributed by atoms with Crippen LogP contribution in [-0.4, -0.2) is 17.4 Å². The van der Waals surface area contributed by atoms with Crippen LogP contribution < -0.4 is 5.32 Å². The number of amides is 1. The van der Waals surface area contributed by atoms with Crippen molar-refractivity contribution in [1.29, 1.82) is 0 Å². The van der Waals surface area contributed by atoms with Gasteiger partial charge in [-0.25, -0.2) is 4.98 Å². The molecule has 20 heavy (non-hydrogen) atoms. The van der Waals surface area contributed by atoms with Crippen LogP contribution in [0.5, 0.6) is 0 Å². The molecule has 0 aliphatic heterocycles. The number of nitrogens with one attached hydrogen (secondary N) is 1. The van der Waals surface area contributed by atoms with E-state index in [0.717, 1.165) is 4.47 Å². The van der Waals surface area contributed by atoms with Gasteiger partial charge in [0.25, 0.3) is 5.91 Å². The zero-order valence-corrected chi connectivity index (χ0v) is 13.1. The molecule has 0 fully saturated rings. The molecule has 2 aromatic rings. The summed E-state index contributed by atoms with van der Waals surface area (Å²) in [6, 6.07) is 13.7. The lowest BCUT2D eigenvalue weighted by Gasteiger charge is -2.25. The number of benzene rings is 1. The number of pyridine rings is 1. The lowest BCUT2D eigenvalue weighted by molar-refractivity contribution is 0.0940. The van der Waals surface area contributed by atoms with Crippen LogP contribution in [0.25, 0.3) is 0 Å². The fraction of sp³-hybridized carbons (Fsp3) is 0.250. The average molecular weight is 333 g/mol. The maximum atomic E-state index is 12.0. The van der Waals surface area contributed by atoms with Crippen molar-refractivity contribution in [2.45, 2.75) is 19.3 Å². The van der Waals surface area contributed by atoms with Crippen LogP contribution in [-0.2, 0) is 5.41 Å². The van der Waals surface area contributed by atoms with Crippen LogP contribution in [0.2, 0.25) is 0 Å². The van der Waals surface area contributed by atoms with Gasteiger partial charge >= 0.3 is 0 Å². The Balaban J connectivity index is 2.01. The first-order valence-electron chi connectivity index (χ1n) is 6.44. The second-order valence-corrected chi connectivity index (χ2v) is 6.21. The summed E-state index contributed by atoms with van der Waals surface area (Å²) >= 11 is 3.30. The lowest BCUT2D eigenvalue weighted by atomic mass is 9.84. The van der Waals surface area contributed by atoms with E-state index in [-0.39, 0.29) is 11.3 Å². The Bertz CT molecular complexity index is 579. The number of hydrogen-bond donors (Lipinski definition) is 1. The Hall–Kier alpha value is -1.68. The van der Waals surface area contributed by atoms with Gasteiger partial charge in [-0.05, 0) is 33.6 Å². The van der Waals surface area contributed by atoms with Crippen molar-refractivity contribution < 1.29 is 4.79 Å². The fourth-order valence-corrected chi connectivity index (χ4v) is 2.13. The number of rotatable bonds is 4. The Labute approximate surface area is 127 Å². The normalized spacial score (nSPS) is 11.2. The molecule has 0 aliphatic rings. The van der Waals surface area contributed by atoms with Gasteiger partial charge < -0.3 is 5.32 Å². The highest BCUT2D eigenvalue weighted by Crippen LogP contribution is 2.21. The van der Waals surface area contributed by atoms with Crippen LogP contribution >= 0.6 is 15.9 Å². The molecule has 0 spiro atoms. The molecule has 1 aromatic carbocycles. The summed E-state index contributed by atoms with van der Waals surface area (Å²) in [6.45, 7) is 4.78. The van der Waals surface area contributed by atoms with E-state index >= 15 is 0 Å². The first kappa shape index (κ1) is 14.7. The van der Waals surface area contributed by atoms with Gasteiger partial charge in [-0.1, -0.05) is 44.2 Å². The molecule has 0 radical (unpaired) electrons. The summed E-state index contributed by atoms with van der Waals surface area (Å²) in [6.07, 6.45) is 1.62. The molecule has 0 aliphatic carbocycles. The molecule has 3 nitrogen and oxygen atoms in total. The third-order valence-corrected chi connectivity index (χ3v) is 3.68. The van der Waals surface area contributed by atoms with E-state index in [2.05, 4.69) is 52.2 Å². The minimum absolute atomic E-state index is 0.119. The Morgan fingerprint density at radius 1 is 1.20 bits per heavy atom. The highest BCUT2D eigenvalue weighted by atomic mass is 79.9. The maximum absolute atomic E-state index is 12.0. The van der Waals surface area contributed by atoms with Crippen molar-refractivity contribution in [3.63, 3.8) is 0 Å². The monoisotopic (exact) mass is 332 g/mol. The summed E-state index contributed by atoms with van der Waals surface area (Å²) in [5, 5.41) is 2.94. The number of aromatic nitrogens is 1. The van der Waals surface area contributed by atoms with Crippen LogP contribution in [0.15, 0.2) is 53.1 Å². The topological polar surface area (TPSA) is 42.0 Å². The number of nitrogens with zero attached hydrogens (tertiary/aromatic N) is 1. The smallest absolute Gasteiger partial charge is 0.269 e. The van der Waals surface area contributed by atoms with Crippen molar-refractivity contribution in [3.05, 3.63) is 64.4 Å². The summed E-state index contributed by atoms with van der Waals surface area (Å²) in [5.74, 6) is -0.151. The van der Waals surface area contributed by atoms with Crippen LogP contribution in [0, 0.1) is 0 Å². The molecule has 0 bridgehead atoms. The van der Waals surface area contributed by atoms with Gasteiger partial charge in [-0.3, -0.25) is 4.79 Å². The number of carbonyl (C=O) groups excluding carboxylic acids is 1. The van der Waals surface area contributed by atoms with Crippen LogP contribution in [0.3, 0.4) is 0 Å². The van der Waals surface area contributed by atoms with Crippen molar-refractivity contribution in [1.82, 2.24) is 10.3 Å². The SMILES string of the molecule is CC(C)(CNC(=O)c1ccc(Br)cn1)c1ccccc1. The zero-order valence-electron chi connectivity index (χ0n) is 11.6. The largest absolute Gasteiger partial charge is 0.350 e. The standard InChI is InChI=1S/C16H17BrN2O/c1-16(2,12-6-4-3-5-7-12)11-19-15(20)14-9-8-13(17)10-18-14/h3-10H,11H2,1-2H3,(H,19,20). The minimum atomic E-state index is -0.151. The van der Waals surface area contributed by atoms with E-state index in [4.69, 9.17) is 0 Å². The molecule has 104 valence electrons. The molecule has 0 unspecified atom stereocenters. The van der Waals surface area contributed by atoms with E-state index in [1.165, 1.54) is 5.56 Å². The van der Waals surface area contributed by atoms with Gasteiger partial charge in [0.1, 0.15) is 5.69 Å². The third kappa shape index (κ3) is 3.67. The van der Waals surface area contributed by atoms with E-state index in [0.29, 0.717) is 12.2 Å². The summed E-state index contributed by atoms with van der Waals surface area (Å²) < 4.78 is 0.860. The number of carbonyl (C=O) groups is 1. The first-order chi connectivity index (χ1) is 9.49. The molecule has 4 heteroatoms. The van der Waals surface area contributed by atoms with Gasteiger partial charge in [0.05, 0.1) is 0 Å². The van der Waals surface area contributed by atoms with Gasteiger partial charge in [-0.15, -0.1) is 0 Å². The summed E-state index contributed by atoms with van der Waals surface area (Å²) in [4.78, 5) is 16.1. The second kappa shape index (κ2) is 6.18. The van der Waals surface area contributed by atoms with Crippen LogP contribution in [0.4, 0.5) is 0 Å². The minimum Gasteiger partial charge on any atom is -0.350 e. The van der Waals surface area contributed by atoms with E-state index in [1.54, 1.807) is 12.3 Å². The second-order valence-electron chi connectivity index (χ2n) is 5.29. The van der Waals surface area contributed by atoms with Crippen LogP contribution in [0.1, 0.15) is 29.9 Å². The van der Waals surface area contributed by atoms with E-state index in [1.807, 2.05) is 24.3 Å². The Morgan fingerprint density at radius 2 is 1.90 bits per heavy atom. The molecule has 1 amide bonds. The number of halogens is 1. The molecular formula is C16H17BrN2O. The Morgan fingerprint density at radius 3 is 2.50 bits per heavy atom. The lowest BCUT2D eigenvalue weighted by Crippen LogP contribution is -2.36. The quantitative estimate of drug-likeness (QED) is 0.930. The van der Waals surface area contributed by atoms with Gasteiger partial charge in [0, 0.05) is 22.6 Å². The molecule has 0 saturated heterocycles. The summed E-state index contributed by atoms with van der Waals surface area (Å²) in [5.41, 5.74) is 1.51. The highest BCUT2D eigenvalue weighted by Gasteiger charge is 2.21. The van der Waals surface area contributed by atoms with Crippen molar-refractivity contribution in [2.24, 2.45) is 0 Å². The molecule has 2 rings (SSSR count). The van der Waals surface area contributed by atoms with Crippen molar-refractivity contribution in [3.8, 4) is 0 Å². The predicted octanol–water partition coefficient (Wildman–Crippen LogP) is 3.55. The number of hydrogen-bond acceptors (Lipinski definition) is 2. The molecule has 1 heterocycles. The average Bonchev–Trinajstić information content (AvgIpc) is 2.46. The molecule has 0 saturated carbocycles. The maximum Gasteiger partial charge on any atom is 0.269 e. The van der Waals surface area contributed by atoms with Gasteiger partial charge in [-0.2, -0.15) is 0 Å². The zero-order chi connectivity index (χ0) is 14.6. The summed E-state index contributed by atoms with van der Waals surface area (Å²) in [7, 11) is 0. The van der Waals surface area contributed by atoms with Gasteiger partial charge in [0.2, 0.25) is 0 Å². The van der Waals surface area contributed by atoms with Crippen molar-refractivity contribution in [2.75, 3.05) is 6.54 Å².